The molecular weight excluding hydrogens is 500 g/mol. The smallest absolute Gasteiger partial charge is 0.331 e. The van der Waals surface area contributed by atoms with Gasteiger partial charge in [-0.1, -0.05) is 163 Å². The largest absolute Gasteiger partial charge is 0.516 e. The topological polar surface area (TPSA) is 52.6 Å². The van der Waals surface area contributed by atoms with Crippen molar-refractivity contribution >= 4 is 20.3 Å². The fraction of sp³-hybridized carbons (Fsp3) is 0.882. The lowest BCUT2D eigenvalue weighted by Crippen LogP contribution is -2.40. The van der Waals surface area contributed by atoms with Gasteiger partial charge in [-0.25, -0.2) is 9.59 Å². The van der Waals surface area contributed by atoms with E-state index in [0.29, 0.717) is 6.61 Å². The molecule has 4 nitrogen and oxygen atoms in total. The predicted octanol–water partition coefficient (Wildman–Crippen LogP) is 11.2. The molecule has 5 heteroatoms. The van der Waals surface area contributed by atoms with Crippen LogP contribution in [0.2, 0.25) is 18.1 Å². The summed E-state index contributed by atoms with van der Waals surface area (Å²) in [5.41, 5.74) is 0. The summed E-state index contributed by atoms with van der Waals surface area (Å²) in [4.78, 5) is 24.7. The molecular formula is C34H66O4Si. The van der Waals surface area contributed by atoms with Crippen LogP contribution in [0.4, 0.5) is 0 Å². The van der Waals surface area contributed by atoms with Gasteiger partial charge >= 0.3 is 11.9 Å². The Kier molecular flexibility index (Phi) is 27.6. The van der Waals surface area contributed by atoms with E-state index in [1.165, 1.54) is 102 Å². The SMILES string of the molecule is CCCCCCCCCCCCCCCCCCOC(=O)/C=C\C(=O)O[Si](CCCC)(CCCC)CCCC. The third-order valence-corrected chi connectivity index (χ3v) is 12.3. The van der Waals surface area contributed by atoms with E-state index in [1.807, 2.05) is 0 Å². The monoisotopic (exact) mass is 566 g/mol. The summed E-state index contributed by atoms with van der Waals surface area (Å²) in [7, 11) is -2.11. The first kappa shape index (κ1) is 37.9. The van der Waals surface area contributed by atoms with E-state index in [9.17, 15) is 9.59 Å². The van der Waals surface area contributed by atoms with Crippen LogP contribution in [0.25, 0.3) is 0 Å². The molecule has 0 heterocycles. The summed E-state index contributed by atoms with van der Waals surface area (Å²) in [6.45, 7) is 9.28. The van der Waals surface area contributed by atoms with E-state index in [2.05, 4.69) is 27.7 Å². The Morgan fingerprint density at radius 2 is 0.795 bits per heavy atom. The quantitative estimate of drug-likeness (QED) is 0.0391. The molecule has 0 fully saturated rings. The number of hydrogen-bond acceptors (Lipinski definition) is 4. The molecule has 0 aliphatic heterocycles. The third kappa shape index (κ3) is 24.4. The van der Waals surface area contributed by atoms with Crippen LogP contribution in [-0.2, 0) is 18.8 Å². The van der Waals surface area contributed by atoms with Crippen molar-refractivity contribution in [1.82, 2.24) is 0 Å². The molecule has 0 N–H and O–H groups in total. The van der Waals surface area contributed by atoms with E-state index in [-0.39, 0.29) is 5.97 Å². The summed E-state index contributed by atoms with van der Waals surface area (Å²) < 4.78 is 11.5. The molecule has 0 aromatic heterocycles. The fourth-order valence-corrected chi connectivity index (χ4v) is 9.82. The first-order valence-electron chi connectivity index (χ1n) is 17.1. The van der Waals surface area contributed by atoms with Crippen LogP contribution >= 0.6 is 0 Å². The molecule has 0 saturated heterocycles. The van der Waals surface area contributed by atoms with Crippen molar-refractivity contribution in [1.29, 1.82) is 0 Å². The van der Waals surface area contributed by atoms with Gasteiger partial charge in [-0.15, -0.1) is 0 Å². The number of carbonyl (C=O) groups is 2. The Hall–Kier alpha value is -1.10. The minimum atomic E-state index is -2.11. The summed E-state index contributed by atoms with van der Waals surface area (Å²) >= 11 is 0. The van der Waals surface area contributed by atoms with Crippen LogP contribution in [0, 0.1) is 0 Å². The zero-order chi connectivity index (χ0) is 28.9. The highest BCUT2D eigenvalue weighted by molar-refractivity contribution is 6.75. The van der Waals surface area contributed by atoms with Crippen molar-refractivity contribution in [3.05, 3.63) is 12.2 Å². The zero-order valence-corrected chi connectivity index (χ0v) is 27.7. The molecule has 230 valence electrons. The van der Waals surface area contributed by atoms with E-state index >= 15 is 0 Å². The van der Waals surface area contributed by atoms with E-state index in [1.54, 1.807) is 0 Å². The molecule has 0 aromatic rings. The normalized spacial score (nSPS) is 11.8. The lowest BCUT2D eigenvalue weighted by Gasteiger charge is -2.31. The molecule has 0 saturated carbocycles. The zero-order valence-electron chi connectivity index (χ0n) is 26.7. The van der Waals surface area contributed by atoms with Gasteiger partial charge in [0, 0.05) is 12.2 Å². The summed E-state index contributed by atoms with van der Waals surface area (Å²) in [6.07, 6.45) is 30.4. The van der Waals surface area contributed by atoms with Crippen molar-refractivity contribution in [2.45, 2.75) is 187 Å². The highest BCUT2D eigenvalue weighted by Gasteiger charge is 2.36. The fourth-order valence-electron chi connectivity index (χ4n) is 5.28. The lowest BCUT2D eigenvalue weighted by atomic mass is 10.0. The number of hydrogen-bond donors (Lipinski definition) is 0. The number of rotatable bonds is 29. The minimum Gasteiger partial charge on any atom is -0.516 e. The van der Waals surface area contributed by atoms with Crippen LogP contribution < -0.4 is 0 Å². The van der Waals surface area contributed by atoms with Gasteiger partial charge in [0.25, 0.3) is 8.32 Å². The average molecular weight is 567 g/mol. The third-order valence-electron chi connectivity index (χ3n) is 7.87. The Labute approximate surface area is 244 Å². The molecule has 39 heavy (non-hydrogen) atoms. The van der Waals surface area contributed by atoms with Crippen molar-refractivity contribution in [3.63, 3.8) is 0 Å². The van der Waals surface area contributed by atoms with E-state index < -0.39 is 14.3 Å². The second-order valence-corrected chi connectivity index (χ2v) is 15.8. The molecule has 0 aliphatic rings. The van der Waals surface area contributed by atoms with Crippen LogP contribution in [-0.4, -0.2) is 26.9 Å². The molecule has 0 aliphatic carbocycles. The average Bonchev–Trinajstić information content (AvgIpc) is 2.94. The van der Waals surface area contributed by atoms with Gasteiger partial charge in [0.05, 0.1) is 6.61 Å². The predicted molar refractivity (Wildman–Crippen MR) is 171 cm³/mol. The second-order valence-electron chi connectivity index (χ2n) is 11.7. The van der Waals surface area contributed by atoms with Gasteiger partial charge in [0.2, 0.25) is 0 Å². The first-order chi connectivity index (χ1) is 19.0. The Morgan fingerprint density at radius 1 is 0.462 bits per heavy atom. The standard InChI is InChI=1S/C34H66O4Si/c1-5-9-13-14-15-16-17-18-19-20-21-22-23-24-25-26-29-37-33(35)27-28-34(36)38-39(30-10-6-2,31-11-7-3)32-12-8-4/h27-28H,5-26,29-32H2,1-4H3/b28-27-. The molecule has 0 spiro atoms. The van der Waals surface area contributed by atoms with Crippen LogP contribution in [0.5, 0.6) is 0 Å². The Balaban J connectivity index is 3.92. The van der Waals surface area contributed by atoms with Gasteiger partial charge in [0.15, 0.2) is 0 Å². The molecule has 0 amide bonds. The van der Waals surface area contributed by atoms with Crippen LogP contribution in [0.3, 0.4) is 0 Å². The molecule has 0 bridgehead atoms. The van der Waals surface area contributed by atoms with Gasteiger partial charge in [-0.3, -0.25) is 0 Å². The van der Waals surface area contributed by atoms with Gasteiger partial charge in [-0.2, -0.15) is 0 Å². The molecule has 0 radical (unpaired) electrons. The maximum absolute atomic E-state index is 12.6. The molecule has 0 atom stereocenters. The summed E-state index contributed by atoms with van der Waals surface area (Å²) in [5.74, 6) is -0.791. The van der Waals surface area contributed by atoms with Crippen molar-refractivity contribution in [3.8, 4) is 0 Å². The van der Waals surface area contributed by atoms with Crippen molar-refractivity contribution in [2.75, 3.05) is 6.61 Å². The molecule has 0 aromatic carbocycles. The Bertz CT molecular complexity index is 568. The number of esters is 1. The van der Waals surface area contributed by atoms with E-state index in [4.69, 9.17) is 9.16 Å². The second kappa shape index (κ2) is 28.4. The molecule has 0 rings (SSSR count). The Morgan fingerprint density at radius 3 is 1.18 bits per heavy atom. The van der Waals surface area contributed by atoms with Gasteiger partial charge in [0.1, 0.15) is 0 Å². The van der Waals surface area contributed by atoms with Gasteiger partial charge in [-0.05, 0) is 24.6 Å². The number of carbonyl (C=O) groups excluding carboxylic acids is 2. The van der Waals surface area contributed by atoms with Crippen LogP contribution in [0.1, 0.15) is 169 Å². The number of unbranched alkanes of at least 4 members (excludes halogenated alkanes) is 18. The first-order valence-corrected chi connectivity index (χ1v) is 19.6. The maximum atomic E-state index is 12.6. The van der Waals surface area contributed by atoms with E-state index in [0.717, 1.165) is 69.5 Å². The lowest BCUT2D eigenvalue weighted by molar-refractivity contribution is -0.138. The van der Waals surface area contributed by atoms with Crippen molar-refractivity contribution in [2.24, 2.45) is 0 Å². The minimum absolute atomic E-state index is 0.357. The van der Waals surface area contributed by atoms with Crippen molar-refractivity contribution < 1.29 is 18.8 Å². The van der Waals surface area contributed by atoms with Crippen LogP contribution in [0.15, 0.2) is 12.2 Å². The van der Waals surface area contributed by atoms with Gasteiger partial charge < -0.3 is 9.16 Å². The maximum Gasteiger partial charge on any atom is 0.331 e. The highest BCUT2D eigenvalue weighted by Crippen LogP contribution is 2.30. The molecule has 0 unspecified atom stereocenters. The highest BCUT2D eigenvalue weighted by atomic mass is 28.4. The number of ether oxygens (including phenoxy) is 1. The summed E-state index contributed by atoms with van der Waals surface area (Å²) in [6, 6.07) is 3.10. The summed E-state index contributed by atoms with van der Waals surface area (Å²) in [5, 5.41) is 0.